The average molecular weight is 280 g/mol. The van der Waals surface area contributed by atoms with E-state index < -0.39 is 0 Å². The van der Waals surface area contributed by atoms with Crippen molar-refractivity contribution in [1.82, 2.24) is 24.6 Å². The maximum Gasteiger partial charge on any atom is 0.141 e. The second-order valence-corrected chi connectivity index (χ2v) is 6.18. The molecule has 2 heterocycles. The maximum atomic E-state index is 5.86. The van der Waals surface area contributed by atoms with Gasteiger partial charge in [0.15, 0.2) is 0 Å². The zero-order valence-electron chi connectivity index (χ0n) is 13.0. The van der Waals surface area contributed by atoms with Crippen molar-refractivity contribution in [1.29, 1.82) is 0 Å². The number of piperazine rings is 1. The van der Waals surface area contributed by atoms with E-state index >= 15 is 0 Å². The fraction of sp³-hybridized carbons (Fsp3) is 0.857. The highest BCUT2D eigenvalue weighted by molar-refractivity contribution is 4.90. The lowest BCUT2D eigenvalue weighted by Crippen LogP contribution is -2.57. The molecule has 0 spiro atoms. The molecule has 2 rings (SSSR count). The lowest BCUT2D eigenvalue weighted by atomic mass is 10.0. The zero-order valence-corrected chi connectivity index (χ0v) is 13.0. The molecular formula is C14H28N6. The van der Waals surface area contributed by atoms with Gasteiger partial charge in [0.25, 0.3) is 0 Å². The second kappa shape index (κ2) is 6.65. The molecule has 0 bridgehead atoms. The smallest absolute Gasteiger partial charge is 0.141 e. The standard InChI is InChI=1S/C14H28N6/c1-4-5-20-13(16-12-17-20)10-18-6-8-19(9-7-18)14(2,3)11-15/h12H,4-11,15H2,1-3H3. The summed E-state index contributed by atoms with van der Waals surface area (Å²) in [5, 5.41) is 4.29. The highest BCUT2D eigenvalue weighted by Gasteiger charge is 2.28. The number of nitrogens with two attached hydrogens (primary N) is 1. The summed E-state index contributed by atoms with van der Waals surface area (Å²) in [5.74, 6) is 1.08. The Morgan fingerprint density at radius 1 is 1.25 bits per heavy atom. The Morgan fingerprint density at radius 2 is 1.95 bits per heavy atom. The van der Waals surface area contributed by atoms with Gasteiger partial charge < -0.3 is 5.73 Å². The van der Waals surface area contributed by atoms with Crippen molar-refractivity contribution in [2.45, 2.75) is 45.8 Å². The average Bonchev–Trinajstić information content (AvgIpc) is 2.87. The molecule has 0 atom stereocenters. The van der Waals surface area contributed by atoms with Crippen molar-refractivity contribution < 1.29 is 0 Å². The minimum atomic E-state index is 0.105. The van der Waals surface area contributed by atoms with Gasteiger partial charge in [-0.1, -0.05) is 6.92 Å². The van der Waals surface area contributed by atoms with Crippen LogP contribution < -0.4 is 5.73 Å². The Hall–Kier alpha value is -0.980. The van der Waals surface area contributed by atoms with Crippen LogP contribution in [0.3, 0.4) is 0 Å². The van der Waals surface area contributed by atoms with Gasteiger partial charge in [0.2, 0.25) is 0 Å². The van der Waals surface area contributed by atoms with Crippen molar-refractivity contribution in [2.75, 3.05) is 32.7 Å². The van der Waals surface area contributed by atoms with E-state index in [4.69, 9.17) is 5.73 Å². The van der Waals surface area contributed by atoms with Crippen molar-refractivity contribution >= 4 is 0 Å². The van der Waals surface area contributed by atoms with Gasteiger partial charge in [0.1, 0.15) is 12.2 Å². The lowest BCUT2D eigenvalue weighted by Gasteiger charge is -2.43. The van der Waals surface area contributed by atoms with Crippen LogP contribution in [0.4, 0.5) is 0 Å². The topological polar surface area (TPSA) is 63.2 Å². The Morgan fingerprint density at radius 3 is 2.55 bits per heavy atom. The first kappa shape index (κ1) is 15.4. The quantitative estimate of drug-likeness (QED) is 0.824. The molecule has 1 aromatic rings. The van der Waals surface area contributed by atoms with E-state index in [1.807, 2.05) is 4.68 Å². The molecule has 6 heteroatoms. The molecule has 114 valence electrons. The predicted molar refractivity (Wildman–Crippen MR) is 80.3 cm³/mol. The molecule has 0 amide bonds. The lowest BCUT2D eigenvalue weighted by molar-refractivity contribution is 0.0522. The Kier molecular flexibility index (Phi) is 5.12. The summed E-state index contributed by atoms with van der Waals surface area (Å²) < 4.78 is 2.02. The highest BCUT2D eigenvalue weighted by atomic mass is 15.4. The van der Waals surface area contributed by atoms with Crippen molar-refractivity contribution in [3.05, 3.63) is 12.2 Å². The molecule has 0 aliphatic carbocycles. The van der Waals surface area contributed by atoms with E-state index in [2.05, 4.69) is 40.7 Å². The molecule has 1 aliphatic heterocycles. The monoisotopic (exact) mass is 280 g/mol. The van der Waals surface area contributed by atoms with Crippen LogP contribution in [0, 0.1) is 0 Å². The molecule has 1 aromatic heterocycles. The summed E-state index contributed by atoms with van der Waals surface area (Å²) in [6, 6.07) is 0. The number of hydrogen-bond donors (Lipinski definition) is 1. The first-order chi connectivity index (χ1) is 9.56. The van der Waals surface area contributed by atoms with Gasteiger partial charge in [-0.3, -0.25) is 9.80 Å². The van der Waals surface area contributed by atoms with Gasteiger partial charge in [0, 0.05) is 44.8 Å². The fourth-order valence-electron chi connectivity index (χ4n) is 2.65. The van der Waals surface area contributed by atoms with Crippen LogP contribution in [0.15, 0.2) is 6.33 Å². The predicted octanol–water partition coefficient (Wildman–Crippen LogP) is 0.543. The third kappa shape index (κ3) is 3.56. The number of aromatic nitrogens is 3. The Bertz CT molecular complexity index is 406. The molecular weight excluding hydrogens is 252 g/mol. The SMILES string of the molecule is CCCn1ncnc1CN1CCN(C(C)(C)CN)CC1. The third-order valence-electron chi connectivity index (χ3n) is 4.22. The van der Waals surface area contributed by atoms with Crippen LogP contribution in [0.1, 0.15) is 33.0 Å². The van der Waals surface area contributed by atoms with Crippen molar-refractivity contribution in [3.63, 3.8) is 0 Å². The zero-order chi connectivity index (χ0) is 14.6. The first-order valence-electron chi connectivity index (χ1n) is 7.61. The number of hydrogen-bond acceptors (Lipinski definition) is 5. The van der Waals surface area contributed by atoms with Crippen molar-refractivity contribution in [2.24, 2.45) is 5.73 Å². The van der Waals surface area contributed by atoms with E-state index in [-0.39, 0.29) is 5.54 Å². The molecule has 0 saturated carbocycles. The number of aryl methyl sites for hydroxylation is 1. The second-order valence-electron chi connectivity index (χ2n) is 6.18. The van der Waals surface area contributed by atoms with Gasteiger partial charge in [-0.2, -0.15) is 5.10 Å². The molecule has 1 fully saturated rings. The minimum absolute atomic E-state index is 0.105. The number of nitrogens with zero attached hydrogens (tertiary/aromatic N) is 5. The Labute approximate surface area is 121 Å². The number of rotatable bonds is 6. The normalized spacial score (nSPS) is 18.6. The maximum absolute atomic E-state index is 5.86. The molecule has 0 aromatic carbocycles. The van der Waals surface area contributed by atoms with Crippen LogP contribution in [-0.4, -0.2) is 62.8 Å². The summed E-state index contributed by atoms with van der Waals surface area (Å²) in [6.45, 7) is 13.5. The first-order valence-corrected chi connectivity index (χ1v) is 7.61. The van der Waals surface area contributed by atoms with Crippen LogP contribution in [0.25, 0.3) is 0 Å². The molecule has 1 aliphatic rings. The van der Waals surface area contributed by atoms with E-state index in [9.17, 15) is 0 Å². The van der Waals surface area contributed by atoms with E-state index in [1.165, 1.54) is 0 Å². The van der Waals surface area contributed by atoms with Gasteiger partial charge in [-0.05, 0) is 20.3 Å². The molecule has 20 heavy (non-hydrogen) atoms. The summed E-state index contributed by atoms with van der Waals surface area (Å²) >= 11 is 0. The largest absolute Gasteiger partial charge is 0.329 e. The molecule has 0 unspecified atom stereocenters. The fourth-order valence-corrected chi connectivity index (χ4v) is 2.65. The Balaban J connectivity index is 1.87. The summed E-state index contributed by atoms with van der Waals surface area (Å²) in [4.78, 5) is 9.33. The minimum Gasteiger partial charge on any atom is -0.329 e. The van der Waals surface area contributed by atoms with Crippen molar-refractivity contribution in [3.8, 4) is 0 Å². The molecule has 1 saturated heterocycles. The third-order valence-corrected chi connectivity index (χ3v) is 4.22. The summed E-state index contributed by atoms with van der Waals surface area (Å²) in [7, 11) is 0. The van der Waals surface area contributed by atoms with E-state index in [1.54, 1.807) is 6.33 Å². The van der Waals surface area contributed by atoms with Gasteiger partial charge in [-0.25, -0.2) is 9.67 Å². The van der Waals surface area contributed by atoms with Gasteiger partial charge >= 0.3 is 0 Å². The highest BCUT2D eigenvalue weighted by Crippen LogP contribution is 2.16. The van der Waals surface area contributed by atoms with Crippen LogP contribution in [0.2, 0.25) is 0 Å². The molecule has 6 nitrogen and oxygen atoms in total. The van der Waals surface area contributed by atoms with Crippen LogP contribution in [-0.2, 0) is 13.1 Å². The van der Waals surface area contributed by atoms with Gasteiger partial charge in [-0.15, -0.1) is 0 Å². The summed E-state index contributed by atoms with van der Waals surface area (Å²) in [5.41, 5.74) is 5.96. The molecule has 2 N–H and O–H groups in total. The van der Waals surface area contributed by atoms with E-state index in [0.29, 0.717) is 6.54 Å². The van der Waals surface area contributed by atoms with Gasteiger partial charge in [0.05, 0.1) is 6.54 Å². The van der Waals surface area contributed by atoms with E-state index in [0.717, 1.165) is 51.5 Å². The van der Waals surface area contributed by atoms with Crippen LogP contribution >= 0.6 is 0 Å². The van der Waals surface area contributed by atoms with Crippen LogP contribution in [0.5, 0.6) is 0 Å². The summed E-state index contributed by atoms with van der Waals surface area (Å²) in [6.07, 6.45) is 2.76. The molecule has 0 radical (unpaired) electrons.